The van der Waals surface area contributed by atoms with E-state index in [4.69, 9.17) is 0 Å². The largest absolute Gasteiger partial charge is 0.353 e. The number of hydrogen-bond donors (Lipinski definition) is 2. The average molecular weight is 431 g/mol. The molecular weight excluding hydrogens is 399 g/mol. The van der Waals surface area contributed by atoms with Gasteiger partial charge >= 0.3 is 6.03 Å². The first-order valence-electron chi connectivity index (χ1n) is 11.4. The third-order valence-corrected chi connectivity index (χ3v) is 6.70. The molecule has 0 bridgehead atoms. The lowest BCUT2D eigenvalue weighted by atomic mass is 9.95. The zero-order valence-corrected chi connectivity index (χ0v) is 17.8. The molecule has 4 rings (SSSR count). The molecule has 3 fully saturated rings. The number of carbonyl (C=O) groups is 3. The van der Waals surface area contributed by atoms with E-state index in [1.54, 1.807) is 18.2 Å². The first-order chi connectivity index (χ1) is 15.0. The Balaban J connectivity index is 1.23. The maximum atomic E-state index is 14.0. The Kier molecular flexibility index (Phi) is 6.73. The fourth-order valence-corrected chi connectivity index (χ4v) is 4.85. The van der Waals surface area contributed by atoms with Crippen molar-refractivity contribution < 1.29 is 18.8 Å². The van der Waals surface area contributed by atoms with Gasteiger partial charge in [0.25, 0.3) is 0 Å². The Morgan fingerprint density at radius 1 is 0.935 bits per heavy atom. The van der Waals surface area contributed by atoms with E-state index >= 15 is 0 Å². The second-order valence-electron chi connectivity index (χ2n) is 8.91. The molecule has 3 aliphatic rings. The van der Waals surface area contributed by atoms with Crippen LogP contribution >= 0.6 is 0 Å². The van der Waals surface area contributed by atoms with E-state index in [9.17, 15) is 18.8 Å². The normalized spacial score (nSPS) is 23.1. The number of nitrogens with one attached hydrogen (secondary N) is 2. The molecule has 31 heavy (non-hydrogen) atoms. The second kappa shape index (κ2) is 9.66. The molecule has 7 nitrogen and oxygen atoms in total. The summed E-state index contributed by atoms with van der Waals surface area (Å²) in [7, 11) is 0. The number of hydrogen-bond acceptors (Lipinski definition) is 3. The molecule has 0 radical (unpaired) electrons. The lowest BCUT2D eigenvalue weighted by Crippen LogP contribution is -2.52. The SMILES string of the molecule is O=C(NC1CCN(C(=O)NC2CCCCC2)CC1)C1CC(=O)N(c2ccccc2F)C1. The van der Waals surface area contributed by atoms with Crippen molar-refractivity contribution in [2.24, 2.45) is 5.92 Å². The molecule has 1 unspecified atom stereocenters. The summed E-state index contributed by atoms with van der Waals surface area (Å²) < 4.78 is 14.0. The van der Waals surface area contributed by atoms with E-state index in [1.165, 1.54) is 30.2 Å². The van der Waals surface area contributed by atoms with Crippen LogP contribution in [0.4, 0.5) is 14.9 Å². The second-order valence-corrected chi connectivity index (χ2v) is 8.91. The van der Waals surface area contributed by atoms with Gasteiger partial charge in [0.2, 0.25) is 11.8 Å². The Labute approximate surface area is 182 Å². The third kappa shape index (κ3) is 5.17. The van der Waals surface area contributed by atoms with Gasteiger partial charge in [-0.25, -0.2) is 9.18 Å². The third-order valence-electron chi connectivity index (χ3n) is 6.70. The Bertz CT molecular complexity index is 819. The zero-order valence-electron chi connectivity index (χ0n) is 17.8. The molecule has 1 saturated carbocycles. The van der Waals surface area contributed by atoms with E-state index in [-0.39, 0.29) is 48.6 Å². The first-order valence-corrected chi connectivity index (χ1v) is 11.4. The number of anilines is 1. The van der Waals surface area contributed by atoms with Crippen LogP contribution in [0.15, 0.2) is 24.3 Å². The van der Waals surface area contributed by atoms with Crippen molar-refractivity contribution in [3.63, 3.8) is 0 Å². The van der Waals surface area contributed by atoms with Crippen LogP contribution in [0, 0.1) is 11.7 Å². The number of rotatable bonds is 4. The van der Waals surface area contributed by atoms with Crippen molar-refractivity contribution in [3.05, 3.63) is 30.1 Å². The van der Waals surface area contributed by atoms with Crippen LogP contribution < -0.4 is 15.5 Å². The summed E-state index contributed by atoms with van der Waals surface area (Å²) in [5.41, 5.74) is 0.222. The van der Waals surface area contributed by atoms with Gasteiger partial charge in [0.05, 0.1) is 11.6 Å². The zero-order chi connectivity index (χ0) is 21.8. The molecular formula is C23H31FN4O3. The van der Waals surface area contributed by atoms with Crippen molar-refractivity contribution in [1.82, 2.24) is 15.5 Å². The van der Waals surface area contributed by atoms with Crippen LogP contribution in [-0.2, 0) is 9.59 Å². The maximum absolute atomic E-state index is 14.0. The van der Waals surface area contributed by atoms with E-state index in [0.29, 0.717) is 25.9 Å². The van der Waals surface area contributed by atoms with Gasteiger partial charge in [-0.05, 0) is 37.8 Å². The molecule has 2 aliphatic heterocycles. The van der Waals surface area contributed by atoms with Crippen molar-refractivity contribution in [2.75, 3.05) is 24.5 Å². The van der Waals surface area contributed by atoms with E-state index in [1.807, 2.05) is 4.90 Å². The lowest BCUT2D eigenvalue weighted by Gasteiger charge is -2.34. The highest BCUT2D eigenvalue weighted by Gasteiger charge is 2.37. The number of benzene rings is 1. The Morgan fingerprint density at radius 3 is 2.32 bits per heavy atom. The van der Waals surface area contributed by atoms with E-state index in [2.05, 4.69) is 10.6 Å². The number of piperidine rings is 1. The molecule has 2 N–H and O–H groups in total. The molecule has 1 atom stereocenters. The molecule has 2 saturated heterocycles. The molecule has 8 heteroatoms. The topological polar surface area (TPSA) is 81.8 Å². The predicted octanol–water partition coefficient (Wildman–Crippen LogP) is 2.80. The summed E-state index contributed by atoms with van der Waals surface area (Å²) in [5.74, 6) is -1.35. The summed E-state index contributed by atoms with van der Waals surface area (Å²) in [6.07, 6.45) is 7.20. The van der Waals surface area contributed by atoms with Crippen molar-refractivity contribution in [2.45, 2.75) is 63.5 Å². The van der Waals surface area contributed by atoms with Crippen molar-refractivity contribution >= 4 is 23.5 Å². The van der Waals surface area contributed by atoms with Crippen LogP contribution in [0.5, 0.6) is 0 Å². The molecule has 168 valence electrons. The lowest BCUT2D eigenvalue weighted by molar-refractivity contribution is -0.127. The van der Waals surface area contributed by atoms with Crippen LogP contribution in [0.3, 0.4) is 0 Å². The number of para-hydroxylation sites is 1. The van der Waals surface area contributed by atoms with E-state index < -0.39 is 11.7 Å². The van der Waals surface area contributed by atoms with Crippen LogP contribution in [-0.4, -0.2) is 54.5 Å². The molecule has 1 aromatic rings. The van der Waals surface area contributed by atoms with Crippen molar-refractivity contribution in [3.8, 4) is 0 Å². The van der Waals surface area contributed by atoms with Crippen molar-refractivity contribution in [1.29, 1.82) is 0 Å². The molecule has 1 aliphatic carbocycles. The molecule has 4 amide bonds. The van der Waals surface area contributed by atoms with Crippen LogP contribution in [0.2, 0.25) is 0 Å². The Morgan fingerprint density at radius 2 is 1.61 bits per heavy atom. The summed E-state index contributed by atoms with van der Waals surface area (Å²) >= 11 is 0. The summed E-state index contributed by atoms with van der Waals surface area (Å²) in [6.45, 7) is 1.40. The van der Waals surface area contributed by atoms with Gasteiger partial charge in [0.15, 0.2) is 0 Å². The predicted molar refractivity (Wildman–Crippen MR) is 115 cm³/mol. The van der Waals surface area contributed by atoms with Gasteiger partial charge in [-0.2, -0.15) is 0 Å². The van der Waals surface area contributed by atoms with Gasteiger partial charge in [-0.1, -0.05) is 31.4 Å². The van der Waals surface area contributed by atoms with Gasteiger partial charge in [-0.15, -0.1) is 0 Å². The smallest absolute Gasteiger partial charge is 0.317 e. The van der Waals surface area contributed by atoms with Gasteiger partial charge in [0.1, 0.15) is 5.82 Å². The number of amides is 4. The highest BCUT2D eigenvalue weighted by atomic mass is 19.1. The fourth-order valence-electron chi connectivity index (χ4n) is 4.85. The highest BCUT2D eigenvalue weighted by molar-refractivity contribution is 6.00. The van der Waals surface area contributed by atoms with Crippen LogP contribution in [0.1, 0.15) is 51.4 Å². The number of carbonyl (C=O) groups excluding carboxylic acids is 3. The molecule has 2 heterocycles. The average Bonchev–Trinajstić information content (AvgIpc) is 3.17. The minimum absolute atomic E-state index is 0.00130. The molecule has 0 aromatic heterocycles. The summed E-state index contributed by atoms with van der Waals surface area (Å²) in [6, 6.07) is 6.40. The van der Waals surface area contributed by atoms with Gasteiger partial charge < -0.3 is 20.4 Å². The quantitative estimate of drug-likeness (QED) is 0.771. The van der Waals surface area contributed by atoms with Gasteiger partial charge in [-0.3, -0.25) is 9.59 Å². The standard InChI is InChI=1S/C23H31FN4O3/c24-19-8-4-5-9-20(19)28-15-16(14-21(28)29)22(30)25-18-10-12-27(13-11-18)23(31)26-17-6-2-1-3-7-17/h4-5,8-9,16-18H,1-3,6-7,10-15H2,(H,25,30)(H,26,31). The Hall–Kier alpha value is -2.64. The number of halogens is 1. The maximum Gasteiger partial charge on any atom is 0.317 e. The van der Waals surface area contributed by atoms with Crippen LogP contribution in [0.25, 0.3) is 0 Å². The summed E-state index contributed by atoms with van der Waals surface area (Å²) in [4.78, 5) is 40.7. The number of nitrogens with zero attached hydrogens (tertiary/aromatic N) is 2. The fraction of sp³-hybridized carbons (Fsp3) is 0.609. The highest BCUT2D eigenvalue weighted by Crippen LogP contribution is 2.27. The first kappa shape index (κ1) is 21.6. The molecule has 0 spiro atoms. The monoisotopic (exact) mass is 430 g/mol. The minimum atomic E-state index is -0.486. The summed E-state index contributed by atoms with van der Waals surface area (Å²) in [5, 5.41) is 6.18. The number of likely N-dealkylation sites (tertiary alicyclic amines) is 1. The van der Waals surface area contributed by atoms with Gasteiger partial charge in [0, 0.05) is 38.1 Å². The minimum Gasteiger partial charge on any atom is -0.353 e. The van der Waals surface area contributed by atoms with E-state index in [0.717, 1.165) is 12.8 Å². The number of urea groups is 1. The molecule has 1 aromatic carbocycles.